The molecule has 8 heteroatoms. The molecule has 1 aromatic carbocycles. The number of carbonyl (C=O) groups is 1. The van der Waals surface area contributed by atoms with E-state index in [2.05, 4.69) is 10.4 Å². The van der Waals surface area contributed by atoms with Crippen LogP contribution in [0.4, 0.5) is 8.78 Å². The fourth-order valence-corrected chi connectivity index (χ4v) is 3.19. The van der Waals surface area contributed by atoms with Crippen LogP contribution in [0, 0.1) is 17.6 Å². The molecule has 0 bridgehead atoms. The molecule has 1 aliphatic heterocycles. The molecule has 2 heterocycles. The molecular formula is C17H21ClF2N4O. The average Bonchev–Trinajstić information content (AvgIpc) is 3.17. The lowest BCUT2D eigenvalue weighted by Crippen LogP contribution is -2.35. The molecule has 1 fully saturated rings. The summed E-state index contributed by atoms with van der Waals surface area (Å²) in [7, 11) is 3.48. The normalized spacial score (nSPS) is 19.5. The number of hydrogen-bond acceptors (Lipinski definition) is 3. The highest BCUT2D eigenvalue weighted by Gasteiger charge is 2.36. The summed E-state index contributed by atoms with van der Waals surface area (Å²) in [6.45, 7) is 1.40. The molecule has 1 N–H and O–H groups in total. The van der Waals surface area contributed by atoms with Gasteiger partial charge in [-0.05, 0) is 11.6 Å². The van der Waals surface area contributed by atoms with Gasteiger partial charge in [0, 0.05) is 57.5 Å². The second-order valence-electron chi connectivity index (χ2n) is 6.25. The highest BCUT2D eigenvalue weighted by atomic mass is 35.5. The van der Waals surface area contributed by atoms with Crippen molar-refractivity contribution in [1.29, 1.82) is 0 Å². The molecule has 2 atom stereocenters. The van der Waals surface area contributed by atoms with Crippen LogP contribution >= 0.6 is 12.4 Å². The van der Waals surface area contributed by atoms with Gasteiger partial charge in [-0.1, -0.05) is 6.07 Å². The summed E-state index contributed by atoms with van der Waals surface area (Å²) in [6.07, 6.45) is 3.69. The molecule has 0 spiro atoms. The van der Waals surface area contributed by atoms with Gasteiger partial charge in [-0.15, -0.1) is 12.4 Å². The van der Waals surface area contributed by atoms with Crippen LogP contribution in [0.1, 0.15) is 17.0 Å². The lowest BCUT2D eigenvalue weighted by Gasteiger charge is -2.24. The zero-order valence-corrected chi connectivity index (χ0v) is 14.9. The molecule has 0 radical (unpaired) electrons. The first-order chi connectivity index (χ1) is 11.5. The molecule has 1 aromatic heterocycles. The molecule has 0 saturated carbocycles. The van der Waals surface area contributed by atoms with Crippen LogP contribution in [0.15, 0.2) is 30.6 Å². The molecule has 136 valence electrons. The van der Waals surface area contributed by atoms with Crippen molar-refractivity contribution in [1.82, 2.24) is 20.0 Å². The van der Waals surface area contributed by atoms with Gasteiger partial charge in [0.15, 0.2) is 0 Å². The van der Waals surface area contributed by atoms with Gasteiger partial charge in [0.25, 0.3) is 0 Å². The third-order valence-electron chi connectivity index (χ3n) is 4.48. The van der Waals surface area contributed by atoms with E-state index in [0.29, 0.717) is 18.7 Å². The van der Waals surface area contributed by atoms with Crippen LogP contribution in [0.3, 0.4) is 0 Å². The van der Waals surface area contributed by atoms with Crippen LogP contribution in [-0.4, -0.2) is 40.7 Å². The van der Waals surface area contributed by atoms with Crippen molar-refractivity contribution in [3.8, 4) is 0 Å². The van der Waals surface area contributed by atoms with Crippen LogP contribution in [-0.2, 0) is 18.4 Å². The predicted octanol–water partition coefficient (Wildman–Crippen LogP) is 2.08. The average molecular weight is 371 g/mol. The minimum Gasteiger partial charge on any atom is -0.341 e. The number of nitrogens with zero attached hydrogens (tertiary/aromatic N) is 3. The van der Waals surface area contributed by atoms with Gasteiger partial charge in [-0.2, -0.15) is 5.10 Å². The maximum atomic E-state index is 13.8. The van der Waals surface area contributed by atoms with E-state index in [4.69, 9.17) is 0 Å². The Balaban J connectivity index is 0.00000225. The maximum Gasteiger partial charge on any atom is 0.227 e. The summed E-state index contributed by atoms with van der Waals surface area (Å²) in [4.78, 5) is 14.3. The van der Waals surface area contributed by atoms with Crippen molar-refractivity contribution in [3.63, 3.8) is 0 Å². The third-order valence-corrected chi connectivity index (χ3v) is 4.48. The molecule has 0 unspecified atom stereocenters. The Bertz CT molecular complexity index is 752. The summed E-state index contributed by atoms with van der Waals surface area (Å²) < 4.78 is 28.5. The van der Waals surface area contributed by atoms with Gasteiger partial charge in [0.05, 0.1) is 12.1 Å². The second-order valence-corrected chi connectivity index (χ2v) is 6.25. The molecule has 3 rings (SSSR count). The van der Waals surface area contributed by atoms with Crippen molar-refractivity contribution < 1.29 is 13.6 Å². The Hall–Kier alpha value is -1.99. The van der Waals surface area contributed by atoms with Gasteiger partial charge >= 0.3 is 0 Å². The summed E-state index contributed by atoms with van der Waals surface area (Å²) >= 11 is 0. The lowest BCUT2D eigenvalue weighted by atomic mass is 9.90. The Morgan fingerprint density at radius 3 is 2.80 bits per heavy atom. The second kappa shape index (κ2) is 7.93. The Morgan fingerprint density at radius 2 is 2.16 bits per heavy atom. The smallest absolute Gasteiger partial charge is 0.227 e. The van der Waals surface area contributed by atoms with Gasteiger partial charge < -0.3 is 10.2 Å². The van der Waals surface area contributed by atoms with Gasteiger partial charge in [0.1, 0.15) is 11.6 Å². The van der Waals surface area contributed by atoms with Crippen LogP contribution in [0.2, 0.25) is 0 Å². The van der Waals surface area contributed by atoms with E-state index < -0.39 is 11.6 Å². The molecule has 2 aromatic rings. The van der Waals surface area contributed by atoms with Crippen LogP contribution < -0.4 is 5.32 Å². The number of hydrogen-bond donors (Lipinski definition) is 1. The van der Waals surface area contributed by atoms with Crippen molar-refractivity contribution in [2.45, 2.75) is 12.5 Å². The standard InChI is InChI=1S/C17H20F2N4O.ClH/c1-22(9-11-3-4-13(18)5-16(11)19)17(24)15-8-20-7-14(15)12-6-21-23(2)10-12;/h3-6,10,14-15,20H,7-9H2,1-2H3;1H/t14-,15+;/m1./s1. The first-order valence-corrected chi connectivity index (χ1v) is 7.84. The summed E-state index contributed by atoms with van der Waals surface area (Å²) in [6, 6.07) is 3.41. The van der Waals surface area contributed by atoms with Crippen molar-refractivity contribution in [3.05, 3.63) is 53.4 Å². The number of halogens is 3. The van der Waals surface area contributed by atoms with Gasteiger partial charge in [0.2, 0.25) is 5.91 Å². The molecule has 0 aliphatic carbocycles. The summed E-state index contributed by atoms with van der Waals surface area (Å²) in [5, 5.41) is 7.41. The number of rotatable bonds is 4. The fourth-order valence-electron chi connectivity index (χ4n) is 3.19. The van der Waals surface area contributed by atoms with Crippen LogP contribution in [0.25, 0.3) is 0 Å². The Kier molecular flexibility index (Phi) is 6.13. The zero-order chi connectivity index (χ0) is 17.3. The molecule has 5 nitrogen and oxygen atoms in total. The zero-order valence-electron chi connectivity index (χ0n) is 14.1. The lowest BCUT2D eigenvalue weighted by molar-refractivity contribution is -0.134. The van der Waals surface area contributed by atoms with Crippen molar-refractivity contribution in [2.75, 3.05) is 20.1 Å². The van der Waals surface area contributed by atoms with E-state index in [9.17, 15) is 13.6 Å². The van der Waals surface area contributed by atoms with E-state index in [1.54, 1.807) is 17.9 Å². The highest BCUT2D eigenvalue weighted by Crippen LogP contribution is 2.29. The largest absolute Gasteiger partial charge is 0.341 e. The molecule has 25 heavy (non-hydrogen) atoms. The van der Waals surface area contributed by atoms with Crippen LogP contribution in [0.5, 0.6) is 0 Å². The number of nitrogens with one attached hydrogen (secondary N) is 1. The fraction of sp³-hybridized carbons (Fsp3) is 0.412. The summed E-state index contributed by atoms with van der Waals surface area (Å²) in [5.74, 6) is -1.49. The number of aryl methyl sites for hydroxylation is 1. The number of amides is 1. The van der Waals surface area contributed by atoms with E-state index in [1.165, 1.54) is 17.0 Å². The monoisotopic (exact) mass is 370 g/mol. The minimum atomic E-state index is -0.636. The quantitative estimate of drug-likeness (QED) is 0.896. The van der Waals surface area contributed by atoms with E-state index in [1.807, 2.05) is 13.2 Å². The number of carbonyl (C=O) groups excluding carboxylic acids is 1. The van der Waals surface area contributed by atoms with E-state index in [0.717, 1.165) is 11.6 Å². The van der Waals surface area contributed by atoms with Crippen molar-refractivity contribution in [2.24, 2.45) is 13.0 Å². The van der Waals surface area contributed by atoms with E-state index in [-0.39, 0.29) is 36.7 Å². The maximum absolute atomic E-state index is 13.8. The first kappa shape index (κ1) is 19.3. The third kappa shape index (κ3) is 4.16. The topological polar surface area (TPSA) is 50.2 Å². The highest BCUT2D eigenvalue weighted by molar-refractivity contribution is 5.85. The van der Waals surface area contributed by atoms with Gasteiger partial charge in [-0.25, -0.2) is 8.78 Å². The van der Waals surface area contributed by atoms with Gasteiger partial charge in [-0.3, -0.25) is 9.48 Å². The van der Waals surface area contributed by atoms with Crippen molar-refractivity contribution >= 4 is 18.3 Å². The molecule has 1 amide bonds. The number of benzene rings is 1. The molecule has 1 saturated heterocycles. The van der Waals surface area contributed by atoms with E-state index >= 15 is 0 Å². The Morgan fingerprint density at radius 1 is 1.40 bits per heavy atom. The summed E-state index contributed by atoms with van der Waals surface area (Å²) in [5.41, 5.74) is 1.32. The first-order valence-electron chi connectivity index (χ1n) is 7.84. The molecular weight excluding hydrogens is 350 g/mol. The Labute approximate surface area is 151 Å². The molecule has 1 aliphatic rings. The SMILES string of the molecule is CN(Cc1ccc(F)cc1F)C(=O)[C@H]1CNC[C@@H]1c1cnn(C)c1.Cl. The minimum absolute atomic E-state index is 0. The number of aromatic nitrogens is 2. The predicted molar refractivity (Wildman–Crippen MR) is 92.4 cm³/mol.